The first-order valence-electron chi connectivity index (χ1n) is 13.5. The largest absolute Gasteiger partial charge is 0.508 e. The third-order valence-corrected chi connectivity index (χ3v) is 6.56. The number of benzene rings is 2. The number of amides is 3. The number of rotatable bonds is 11. The third kappa shape index (κ3) is 8.23. The van der Waals surface area contributed by atoms with Gasteiger partial charge in [-0.05, 0) is 69.7 Å². The van der Waals surface area contributed by atoms with E-state index in [9.17, 15) is 19.5 Å². The van der Waals surface area contributed by atoms with Crippen LogP contribution in [0.25, 0.3) is 0 Å². The number of nitrogens with zero attached hydrogens (tertiary/aromatic N) is 1. The molecule has 2 aromatic carbocycles. The first-order chi connectivity index (χ1) is 18.1. The summed E-state index contributed by atoms with van der Waals surface area (Å²) in [5.41, 5.74) is 0.743. The van der Waals surface area contributed by atoms with Gasteiger partial charge in [0.25, 0.3) is 0 Å². The van der Waals surface area contributed by atoms with E-state index in [0.717, 1.165) is 43.2 Å². The molecule has 0 bridgehead atoms. The maximum absolute atomic E-state index is 14.3. The number of hydrogen-bond donors (Lipinski definition) is 3. The monoisotopic (exact) mass is 523 g/mol. The summed E-state index contributed by atoms with van der Waals surface area (Å²) in [6.07, 6.45) is 3.80. The van der Waals surface area contributed by atoms with E-state index in [1.165, 1.54) is 0 Å². The predicted octanol–water partition coefficient (Wildman–Crippen LogP) is 4.87. The number of carbonyl (C=O) groups is 3. The lowest BCUT2D eigenvalue weighted by atomic mass is 9.87. The Morgan fingerprint density at radius 3 is 2.26 bits per heavy atom. The molecule has 1 fully saturated rings. The highest BCUT2D eigenvalue weighted by molar-refractivity contribution is 5.92. The van der Waals surface area contributed by atoms with Gasteiger partial charge in [-0.1, -0.05) is 55.8 Å². The molecule has 0 spiro atoms. The fraction of sp³-hybridized carbons (Fsp3) is 0.500. The molecule has 1 aliphatic rings. The summed E-state index contributed by atoms with van der Waals surface area (Å²) < 4.78 is 5.47. The highest BCUT2D eigenvalue weighted by Gasteiger charge is 2.41. The van der Waals surface area contributed by atoms with Crippen molar-refractivity contribution in [3.05, 3.63) is 65.7 Å². The maximum atomic E-state index is 14.3. The van der Waals surface area contributed by atoms with Gasteiger partial charge in [-0.2, -0.15) is 0 Å². The van der Waals surface area contributed by atoms with E-state index < -0.39 is 23.8 Å². The van der Waals surface area contributed by atoms with E-state index in [0.29, 0.717) is 6.54 Å². The van der Waals surface area contributed by atoms with Gasteiger partial charge in [-0.25, -0.2) is 4.79 Å². The number of alkyl carbamates (subject to hydrolysis) is 1. The highest BCUT2D eigenvalue weighted by atomic mass is 16.6. The lowest BCUT2D eigenvalue weighted by Gasteiger charge is -2.43. The summed E-state index contributed by atoms with van der Waals surface area (Å²) in [6, 6.07) is 13.9. The molecule has 2 aromatic rings. The van der Waals surface area contributed by atoms with Crippen LogP contribution in [0.2, 0.25) is 0 Å². The summed E-state index contributed by atoms with van der Waals surface area (Å²) in [5.74, 6) is -0.459. The van der Waals surface area contributed by atoms with Crippen LogP contribution >= 0.6 is 0 Å². The second-order valence-corrected chi connectivity index (χ2v) is 10.9. The van der Waals surface area contributed by atoms with Gasteiger partial charge in [-0.15, -0.1) is 0 Å². The van der Waals surface area contributed by atoms with E-state index >= 15 is 0 Å². The van der Waals surface area contributed by atoms with E-state index in [2.05, 4.69) is 17.6 Å². The Hall–Kier alpha value is -3.55. The molecule has 206 valence electrons. The second kappa shape index (κ2) is 13.3. The van der Waals surface area contributed by atoms with Crippen molar-refractivity contribution in [2.75, 3.05) is 6.54 Å². The minimum Gasteiger partial charge on any atom is -0.508 e. The molecule has 3 N–H and O–H groups in total. The Labute approximate surface area is 225 Å². The zero-order chi connectivity index (χ0) is 27.7. The van der Waals surface area contributed by atoms with Crippen molar-refractivity contribution >= 4 is 17.9 Å². The standard InChI is InChI=1S/C30H41N3O5/c1-5-6-19-31-27(35)26(22-11-8-7-9-12-22)33(23-13-10-14-23)28(36)25(32-29(37)38-30(2,3)4)20-21-15-17-24(34)18-16-21/h7-9,11-12,15-18,23,25-26,34H,5-6,10,13-14,19-20H2,1-4H3,(H,31,35)(H,32,37). The molecule has 2 atom stereocenters. The Bertz CT molecular complexity index is 1060. The number of nitrogens with one attached hydrogen (secondary N) is 2. The molecule has 38 heavy (non-hydrogen) atoms. The molecular weight excluding hydrogens is 482 g/mol. The van der Waals surface area contributed by atoms with Crippen molar-refractivity contribution in [2.24, 2.45) is 0 Å². The van der Waals surface area contributed by atoms with Gasteiger partial charge in [0.15, 0.2) is 0 Å². The second-order valence-electron chi connectivity index (χ2n) is 10.9. The Kier molecular flexibility index (Phi) is 10.2. The van der Waals surface area contributed by atoms with Crippen molar-refractivity contribution in [2.45, 2.75) is 89.9 Å². The normalized spacial score (nSPS) is 15.1. The van der Waals surface area contributed by atoms with Crippen LogP contribution in [0, 0.1) is 0 Å². The van der Waals surface area contributed by atoms with E-state index in [1.807, 2.05) is 30.3 Å². The van der Waals surface area contributed by atoms with Crippen LogP contribution < -0.4 is 10.6 Å². The summed E-state index contributed by atoms with van der Waals surface area (Å²) >= 11 is 0. The van der Waals surface area contributed by atoms with Crippen molar-refractivity contribution in [3.8, 4) is 5.75 Å². The minimum absolute atomic E-state index is 0.112. The molecule has 2 unspecified atom stereocenters. The van der Waals surface area contributed by atoms with Gasteiger partial charge < -0.3 is 25.4 Å². The Morgan fingerprint density at radius 1 is 1.05 bits per heavy atom. The number of phenols is 1. The summed E-state index contributed by atoms with van der Waals surface area (Å²) in [5, 5.41) is 15.5. The molecule has 8 heteroatoms. The van der Waals surface area contributed by atoms with Crippen LogP contribution in [0.4, 0.5) is 4.79 Å². The molecule has 8 nitrogen and oxygen atoms in total. The van der Waals surface area contributed by atoms with Gasteiger partial charge in [0.1, 0.15) is 23.4 Å². The number of hydrogen-bond acceptors (Lipinski definition) is 5. The quantitative estimate of drug-likeness (QED) is 0.364. The first-order valence-corrected chi connectivity index (χ1v) is 13.5. The van der Waals surface area contributed by atoms with Crippen LogP contribution in [0.5, 0.6) is 5.75 Å². The number of ether oxygens (including phenoxy) is 1. The summed E-state index contributed by atoms with van der Waals surface area (Å²) in [6.45, 7) is 7.86. The SMILES string of the molecule is CCCCNC(=O)C(c1ccccc1)N(C(=O)C(Cc1ccc(O)cc1)NC(=O)OC(C)(C)C)C1CCC1. The third-order valence-electron chi connectivity index (χ3n) is 6.56. The summed E-state index contributed by atoms with van der Waals surface area (Å²) in [7, 11) is 0. The molecule has 0 aromatic heterocycles. The minimum atomic E-state index is -0.968. The highest BCUT2D eigenvalue weighted by Crippen LogP contribution is 2.34. The molecule has 1 aliphatic carbocycles. The van der Waals surface area contributed by atoms with Crippen LogP contribution in [0.3, 0.4) is 0 Å². The van der Waals surface area contributed by atoms with Crippen molar-refractivity contribution in [1.82, 2.24) is 15.5 Å². The van der Waals surface area contributed by atoms with Crippen LogP contribution in [0.15, 0.2) is 54.6 Å². The topological polar surface area (TPSA) is 108 Å². The number of phenolic OH excluding ortho intramolecular Hbond substituents is 1. The van der Waals surface area contributed by atoms with Gasteiger partial charge >= 0.3 is 6.09 Å². The zero-order valence-corrected chi connectivity index (χ0v) is 22.9. The number of carbonyl (C=O) groups excluding carboxylic acids is 3. The molecule has 0 aliphatic heterocycles. The molecular formula is C30H41N3O5. The zero-order valence-electron chi connectivity index (χ0n) is 22.9. The Morgan fingerprint density at radius 2 is 1.71 bits per heavy atom. The molecule has 0 heterocycles. The Balaban J connectivity index is 1.98. The lowest BCUT2D eigenvalue weighted by Crippen LogP contribution is -2.58. The number of aromatic hydroxyl groups is 1. The maximum Gasteiger partial charge on any atom is 0.408 e. The summed E-state index contributed by atoms with van der Waals surface area (Å²) in [4.78, 5) is 42.4. The first kappa shape index (κ1) is 29.0. The van der Waals surface area contributed by atoms with Gasteiger partial charge in [-0.3, -0.25) is 9.59 Å². The van der Waals surface area contributed by atoms with E-state index in [-0.39, 0.29) is 30.0 Å². The average Bonchev–Trinajstić information content (AvgIpc) is 2.82. The number of unbranched alkanes of at least 4 members (excludes halogenated alkanes) is 1. The molecule has 0 radical (unpaired) electrons. The predicted molar refractivity (Wildman–Crippen MR) is 147 cm³/mol. The van der Waals surface area contributed by atoms with Crippen molar-refractivity contribution < 1.29 is 24.2 Å². The molecule has 3 rings (SSSR count). The fourth-order valence-electron chi connectivity index (χ4n) is 4.44. The van der Waals surface area contributed by atoms with Crippen LogP contribution in [0.1, 0.15) is 77.0 Å². The van der Waals surface area contributed by atoms with E-state index in [4.69, 9.17) is 4.74 Å². The van der Waals surface area contributed by atoms with Gasteiger partial charge in [0, 0.05) is 19.0 Å². The van der Waals surface area contributed by atoms with Crippen LogP contribution in [-0.4, -0.2) is 52.1 Å². The lowest BCUT2D eigenvalue weighted by molar-refractivity contribution is -0.147. The fourth-order valence-corrected chi connectivity index (χ4v) is 4.44. The molecule has 1 saturated carbocycles. The van der Waals surface area contributed by atoms with Crippen LogP contribution in [-0.2, 0) is 20.7 Å². The molecule has 3 amide bonds. The van der Waals surface area contributed by atoms with Crippen molar-refractivity contribution in [3.63, 3.8) is 0 Å². The molecule has 0 saturated heterocycles. The smallest absolute Gasteiger partial charge is 0.408 e. The average molecular weight is 524 g/mol. The van der Waals surface area contributed by atoms with Crippen molar-refractivity contribution in [1.29, 1.82) is 0 Å². The van der Waals surface area contributed by atoms with E-state index in [1.54, 1.807) is 49.9 Å². The van der Waals surface area contributed by atoms with Gasteiger partial charge in [0.05, 0.1) is 0 Å². The van der Waals surface area contributed by atoms with Gasteiger partial charge in [0.2, 0.25) is 11.8 Å².